The second-order valence-corrected chi connectivity index (χ2v) is 7.36. The number of benzene rings is 2. The molecule has 0 N–H and O–H groups in total. The van der Waals surface area contributed by atoms with Gasteiger partial charge in [0.15, 0.2) is 0 Å². The van der Waals surface area contributed by atoms with E-state index in [9.17, 15) is 8.42 Å². The van der Waals surface area contributed by atoms with Crippen molar-refractivity contribution in [3.8, 4) is 6.07 Å². The van der Waals surface area contributed by atoms with E-state index in [4.69, 9.17) is 16.9 Å². The van der Waals surface area contributed by atoms with Crippen LogP contribution in [0.1, 0.15) is 16.7 Å². The van der Waals surface area contributed by atoms with E-state index >= 15 is 0 Å². The summed E-state index contributed by atoms with van der Waals surface area (Å²) in [5.74, 6) is -0.211. The molecular formula is C16H15ClN2O2S. The van der Waals surface area contributed by atoms with Gasteiger partial charge in [-0.2, -0.15) is 5.26 Å². The van der Waals surface area contributed by atoms with Gasteiger partial charge < -0.3 is 0 Å². The Labute approximate surface area is 135 Å². The van der Waals surface area contributed by atoms with Gasteiger partial charge in [-0.05, 0) is 23.3 Å². The van der Waals surface area contributed by atoms with Crippen molar-refractivity contribution >= 4 is 21.6 Å². The van der Waals surface area contributed by atoms with Crippen molar-refractivity contribution in [2.75, 3.05) is 7.05 Å². The van der Waals surface area contributed by atoms with E-state index in [-0.39, 0.29) is 12.3 Å². The van der Waals surface area contributed by atoms with Crippen molar-refractivity contribution in [1.82, 2.24) is 4.31 Å². The second-order valence-electron chi connectivity index (χ2n) is 4.87. The molecule has 0 bridgehead atoms. The Morgan fingerprint density at radius 3 is 2.32 bits per heavy atom. The van der Waals surface area contributed by atoms with Crippen LogP contribution in [0.2, 0.25) is 5.02 Å². The van der Waals surface area contributed by atoms with Gasteiger partial charge in [-0.25, -0.2) is 12.7 Å². The quantitative estimate of drug-likeness (QED) is 0.843. The van der Waals surface area contributed by atoms with Gasteiger partial charge >= 0.3 is 0 Å². The first kappa shape index (κ1) is 16.5. The summed E-state index contributed by atoms with van der Waals surface area (Å²) in [5.41, 5.74) is 1.61. The zero-order chi connectivity index (χ0) is 16.2. The lowest BCUT2D eigenvalue weighted by atomic mass is 10.1. The minimum Gasteiger partial charge on any atom is -0.212 e. The number of halogens is 1. The molecule has 114 valence electrons. The fourth-order valence-electron chi connectivity index (χ4n) is 2.03. The molecule has 2 aromatic rings. The molecule has 0 unspecified atom stereocenters. The van der Waals surface area contributed by atoms with Gasteiger partial charge in [0.2, 0.25) is 10.0 Å². The second kappa shape index (κ2) is 6.93. The predicted molar refractivity (Wildman–Crippen MR) is 86.7 cm³/mol. The largest absolute Gasteiger partial charge is 0.218 e. The van der Waals surface area contributed by atoms with Crippen molar-refractivity contribution in [2.45, 2.75) is 12.3 Å². The van der Waals surface area contributed by atoms with Crippen LogP contribution in [0, 0.1) is 11.3 Å². The third-order valence-electron chi connectivity index (χ3n) is 3.30. The minimum atomic E-state index is -3.54. The van der Waals surface area contributed by atoms with E-state index in [1.165, 1.54) is 11.4 Å². The highest BCUT2D eigenvalue weighted by Crippen LogP contribution is 2.20. The minimum absolute atomic E-state index is 0.191. The van der Waals surface area contributed by atoms with E-state index in [1.807, 2.05) is 12.1 Å². The summed E-state index contributed by atoms with van der Waals surface area (Å²) >= 11 is 6.06. The lowest BCUT2D eigenvalue weighted by Gasteiger charge is -2.18. The highest BCUT2D eigenvalue weighted by molar-refractivity contribution is 7.88. The first-order valence-electron chi connectivity index (χ1n) is 6.59. The molecule has 0 aromatic heterocycles. The smallest absolute Gasteiger partial charge is 0.212 e. The van der Waals surface area contributed by atoms with Crippen LogP contribution in [-0.4, -0.2) is 19.8 Å². The van der Waals surface area contributed by atoms with Crippen LogP contribution in [0.5, 0.6) is 0 Å². The maximum absolute atomic E-state index is 12.5. The number of rotatable bonds is 5. The van der Waals surface area contributed by atoms with Gasteiger partial charge in [-0.1, -0.05) is 48.0 Å². The van der Waals surface area contributed by atoms with Crippen molar-refractivity contribution in [1.29, 1.82) is 5.26 Å². The average molecular weight is 335 g/mol. The van der Waals surface area contributed by atoms with Gasteiger partial charge in [-0.15, -0.1) is 0 Å². The van der Waals surface area contributed by atoms with Crippen LogP contribution in [0.15, 0.2) is 48.5 Å². The fraction of sp³-hybridized carbons (Fsp3) is 0.188. The van der Waals surface area contributed by atoms with Crippen LogP contribution in [-0.2, 0) is 22.3 Å². The molecule has 0 aliphatic carbocycles. The van der Waals surface area contributed by atoms with Crippen LogP contribution in [0.4, 0.5) is 0 Å². The maximum Gasteiger partial charge on any atom is 0.218 e. The van der Waals surface area contributed by atoms with Crippen LogP contribution >= 0.6 is 11.6 Å². The Kier molecular flexibility index (Phi) is 5.19. The number of nitriles is 1. The topological polar surface area (TPSA) is 61.2 Å². The molecule has 22 heavy (non-hydrogen) atoms. The highest BCUT2D eigenvalue weighted by Gasteiger charge is 2.21. The molecule has 2 rings (SSSR count). The molecule has 6 heteroatoms. The van der Waals surface area contributed by atoms with Gasteiger partial charge in [0.1, 0.15) is 0 Å². The third-order valence-corrected chi connectivity index (χ3v) is 5.42. The third kappa shape index (κ3) is 3.86. The zero-order valence-electron chi connectivity index (χ0n) is 12.0. The van der Waals surface area contributed by atoms with Gasteiger partial charge in [0, 0.05) is 18.6 Å². The molecule has 0 atom stereocenters. The fourth-order valence-corrected chi connectivity index (χ4v) is 3.42. The molecule has 0 fully saturated rings. The molecule has 0 amide bonds. The van der Waals surface area contributed by atoms with Crippen LogP contribution in [0.3, 0.4) is 0 Å². The first-order chi connectivity index (χ1) is 10.4. The molecule has 0 saturated carbocycles. The number of hydrogen-bond donors (Lipinski definition) is 0. The Morgan fingerprint density at radius 2 is 1.68 bits per heavy atom. The van der Waals surface area contributed by atoms with E-state index < -0.39 is 10.0 Å². The molecule has 0 aliphatic rings. The Hall–Kier alpha value is -1.87. The summed E-state index contributed by atoms with van der Waals surface area (Å²) in [6, 6.07) is 15.8. The summed E-state index contributed by atoms with van der Waals surface area (Å²) in [4.78, 5) is 0. The van der Waals surface area contributed by atoms with Crippen LogP contribution < -0.4 is 0 Å². The Morgan fingerprint density at radius 1 is 1.09 bits per heavy atom. The van der Waals surface area contributed by atoms with Crippen molar-refractivity contribution < 1.29 is 8.42 Å². The van der Waals surface area contributed by atoms with Crippen molar-refractivity contribution in [3.05, 3.63) is 70.2 Å². The normalized spacial score (nSPS) is 11.4. The molecule has 0 heterocycles. The molecule has 0 radical (unpaired) electrons. The number of nitrogens with zero attached hydrogens (tertiary/aromatic N) is 2. The lowest BCUT2D eigenvalue weighted by Crippen LogP contribution is -2.28. The summed E-state index contributed by atoms with van der Waals surface area (Å²) in [7, 11) is -2.03. The Bertz CT molecular complexity index is 813. The van der Waals surface area contributed by atoms with E-state index in [2.05, 4.69) is 0 Å². The van der Waals surface area contributed by atoms with Gasteiger partial charge in [0.25, 0.3) is 0 Å². The molecule has 0 saturated heterocycles. The van der Waals surface area contributed by atoms with E-state index in [0.29, 0.717) is 16.1 Å². The van der Waals surface area contributed by atoms with Crippen molar-refractivity contribution in [2.24, 2.45) is 0 Å². The van der Waals surface area contributed by atoms with Gasteiger partial charge in [0.05, 0.1) is 17.4 Å². The summed E-state index contributed by atoms with van der Waals surface area (Å²) in [5, 5.41) is 9.58. The first-order valence-corrected chi connectivity index (χ1v) is 8.58. The standard InChI is InChI=1S/C16H15ClN2O2S/c1-19(11-14-7-4-5-9-16(14)17)22(20,21)12-15-8-3-2-6-13(15)10-18/h2-9H,11-12H2,1H3. The predicted octanol–water partition coefficient (Wildman–Crippen LogP) is 3.17. The zero-order valence-corrected chi connectivity index (χ0v) is 13.6. The SMILES string of the molecule is CN(Cc1ccccc1Cl)S(=O)(=O)Cc1ccccc1C#N. The number of hydrogen-bond acceptors (Lipinski definition) is 3. The number of sulfonamides is 1. The summed E-state index contributed by atoms with van der Waals surface area (Å²) in [6.07, 6.45) is 0. The summed E-state index contributed by atoms with van der Waals surface area (Å²) in [6.45, 7) is 0.191. The Balaban J connectivity index is 2.20. The molecule has 2 aromatic carbocycles. The molecule has 0 aliphatic heterocycles. The van der Waals surface area contributed by atoms with E-state index in [1.54, 1.807) is 42.5 Å². The highest BCUT2D eigenvalue weighted by atomic mass is 35.5. The van der Waals surface area contributed by atoms with Crippen LogP contribution in [0.25, 0.3) is 0 Å². The molecule has 4 nitrogen and oxygen atoms in total. The van der Waals surface area contributed by atoms with Crippen molar-refractivity contribution in [3.63, 3.8) is 0 Å². The molecular weight excluding hydrogens is 320 g/mol. The summed E-state index contributed by atoms with van der Waals surface area (Å²) < 4.78 is 26.2. The average Bonchev–Trinajstić information content (AvgIpc) is 2.49. The lowest BCUT2D eigenvalue weighted by molar-refractivity contribution is 0.466. The molecule has 0 spiro atoms. The monoisotopic (exact) mass is 334 g/mol. The van der Waals surface area contributed by atoms with E-state index in [0.717, 1.165) is 5.56 Å². The maximum atomic E-state index is 12.5. The van der Waals surface area contributed by atoms with Gasteiger partial charge in [-0.3, -0.25) is 0 Å².